The van der Waals surface area contributed by atoms with Gasteiger partial charge in [0.15, 0.2) is 0 Å². The molecule has 1 unspecified atom stereocenters. The van der Waals surface area contributed by atoms with Crippen molar-refractivity contribution < 1.29 is 0 Å². The second-order valence-corrected chi connectivity index (χ2v) is 8.50. The number of rotatable bonds is 7. The summed E-state index contributed by atoms with van der Waals surface area (Å²) in [6.07, 6.45) is 6.11. The maximum atomic E-state index is 12.6. The van der Waals surface area contributed by atoms with Crippen molar-refractivity contribution in [2.45, 2.75) is 32.2 Å². The first-order valence-corrected chi connectivity index (χ1v) is 11.1. The number of pyridine rings is 1. The van der Waals surface area contributed by atoms with Crippen LogP contribution in [0.25, 0.3) is 11.3 Å². The Labute approximate surface area is 188 Å². The van der Waals surface area contributed by atoms with E-state index in [1.807, 2.05) is 37.3 Å². The van der Waals surface area contributed by atoms with Crippen LogP contribution in [-0.4, -0.2) is 39.4 Å². The molecule has 32 heavy (non-hydrogen) atoms. The highest BCUT2D eigenvalue weighted by molar-refractivity contribution is 5.79. The Morgan fingerprint density at radius 2 is 1.84 bits per heavy atom. The molecule has 7 heteroatoms. The second kappa shape index (κ2) is 9.77. The normalized spacial score (nSPS) is 15.4. The lowest BCUT2D eigenvalue weighted by Crippen LogP contribution is -2.43. The highest BCUT2D eigenvalue weighted by atomic mass is 16.1. The number of para-hydroxylation sites is 1. The number of anilines is 2. The van der Waals surface area contributed by atoms with Gasteiger partial charge in [0, 0.05) is 68.0 Å². The molecule has 3 heterocycles. The Morgan fingerprint density at radius 3 is 2.50 bits per heavy atom. The van der Waals surface area contributed by atoms with E-state index < -0.39 is 0 Å². The first kappa shape index (κ1) is 21.7. The zero-order chi connectivity index (χ0) is 22.5. The average Bonchev–Trinajstić information content (AvgIpc) is 2.81. The van der Waals surface area contributed by atoms with Crippen LogP contribution in [-0.2, 0) is 7.05 Å². The van der Waals surface area contributed by atoms with Crippen LogP contribution >= 0.6 is 0 Å². The molecule has 0 spiro atoms. The van der Waals surface area contributed by atoms with Gasteiger partial charge in [0.1, 0.15) is 0 Å². The summed E-state index contributed by atoms with van der Waals surface area (Å²) in [5, 5.41) is 11.7. The number of benzene rings is 1. The first-order chi connectivity index (χ1) is 15.5. The molecule has 0 bridgehead atoms. The Hall–Kier alpha value is -3.48. The summed E-state index contributed by atoms with van der Waals surface area (Å²) in [6.45, 7) is 3.53. The summed E-state index contributed by atoms with van der Waals surface area (Å²) in [5.41, 5.74) is 3.29. The molecule has 7 nitrogen and oxygen atoms in total. The van der Waals surface area contributed by atoms with Gasteiger partial charge < -0.3 is 15.6 Å². The van der Waals surface area contributed by atoms with E-state index in [0.717, 1.165) is 43.6 Å². The molecule has 4 rings (SSSR count). The van der Waals surface area contributed by atoms with Gasteiger partial charge in [-0.2, -0.15) is 0 Å². The zero-order valence-corrected chi connectivity index (χ0v) is 18.7. The first-order valence-electron chi connectivity index (χ1n) is 11.1. The summed E-state index contributed by atoms with van der Waals surface area (Å²) < 4.78 is 1.63. The molecule has 2 N–H and O–H groups in total. The largest absolute Gasteiger partial charge is 0.382 e. The molecule has 1 aliphatic heterocycles. The number of aromatic nitrogens is 3. The van der Waals surface area contributed by atoms with Crippen molar-refractivity contribution in [2.75, 3.05) is 23.3 Å². The molecular weight excluding hydrogens is 400 g/mol. The van der Waals surface area contributed by atoms with E-state index in [-0.39, 0.29) is 11.6 Å². The number of hydrogen-bond donors (Lipinski definition) is 2. The highest BCUT2D eigenvalue weighted by Gasteiger charge is 2.28. The number of hydrogen-bond acceptors (Lipinski definition) is 6. The maximum absolute atomic E-state index is 12.6. The van der Waals surface area contributed by atoms with Crippen LogP contribution in [0.2, 0.25) is 0 Å². The van der Waals surface area contributed by atoms with Crippen molar-refractivity contribution in [1.82, 2.24) is 14.5 Å². The van der Waals surface area contributed by atoms with Crippen LogP contribution < -0.4 is 15.8 Å². The number of nitrogens with one attached hydrogen (secondary N) is 2. The predicted molar refractivity (Wildman–Crippen MR) is 130 cm³/mol. The molecule has 0 amide bonds. The minimum atomic E-state index is -0.0630. The van der Waals surface area contributed by atoms with Gasteiger partial charge in [-0.1, -0.05) is 18.2 Å². The second-order valence-electron chi connectivity index (χ2n) is 8.50. The summed E-state index contributed by atoms with van der Waals surface area (Å²) >= 11 is 0. The lowest BCUT2D eigenvalue weighted by Gasteiger charge is -2.37. The van der Waals surface area contributed by atoms with Gasteiger partial charge in [-0.25, -0.2) is 4.98 Å². The molecule has 0 radical (unpaired) electrons. The smallest absolute Gasteiger partial charge is 0.255 e. The average molecular weight is 431 g/mol. The number of piperidine rings is 1. The lowest BCUT2D eigenvalue weighted by molar-refractivity contribution is 0.355. The molecule has 1 fully saturated rings. The third kappa shape index (κ3) is 5.04. The molecular formula is C25H30N6O. The molecule has 0 aliphatic carbocycles. The van der Waals surface area contributed by atoms with Crippen LogP contribution in [0.15, 0.2) is 65.7 Å². The van der Waals surface area contributed by atoms with Gasteiger partial charge in [0.05, 0.1) is 5.69 Å². The van der Waals surface area contributed by atoms with Crippen molar-refractivity contribution in [3.8, 4) is 11.3 Å². The van der Waals surface area contributed by atoms with E-state index in [9.17, 15) is 4.79 Å². The third-order valence-corrected chi connectivity index (χ3v) is 6.13. The van der Waals surface area contributed by atoms with Gasteiger partial charge in [0.2, 0.25) is 5.95 Å². The van der Waals surface area contributed by atoms with Crippen LogP contribution in [0, 0.1) is 11.3 Å². The fraction of sp³-hybridized carbons (Fsp3) is 0.360. The van der Waals surface area contributed by atoms with Gasteiger partial charge in [-0.15, -0.1) is 0 Å². The molecule has 1 aliphatic rings. The van der Waals surface area contributed by atoms with Gasteiger partial charge in [-0.3, -0.25) is 14.3 Å². The zero-order valence-electron chi connectivity index (χ0n) is 18.7. The molecule has 1 saturated heterocycles. The lowest BCUT2D eigenvalue weighted by atomic mass is 9.86. The molecule has 3 aromatic rings. The summed E-state index contributed by atoms with van der Waals surface area (Å²) in [7, 11) is 1.78. The Balaban J connectivity index is 1.50. The summed E-state index contributed by atoms with van der Waals surface area (Å²) in [5.74, 6) is 1.16. The van der Waals surface area contributed by atoms with Gasteiger partial charge in [-0.05, 0) is 49.9 Å². The summed E-state index contributed by atoms with van der Waals surface area (Å²) in [4.78, 5) is 23.7. The Morgan fingerprint density at radius 1 is 1.16 bits per heavy atom. The predicted octanol–water partition coefficient (Wildman–Crippen LogP) is 3.97. The SMILES string of the molecule is CC(=N)CC(Nc1ccccc1)C1CCN(c2nc(-c3ccncc3)cc(=O)n2C)CC1. The monoisotopic (exact) mass is 430 g/mol. The van der Waals surface area contributed by atoms with Crippen molar-refractivity contribution in [2.24, 2.45) is 13.0 Å². The number of nitrogens with zero attached hydrogens (tertiary/aromatic N) is 4. The molecule has 1 aromatic carbocycles. The molecule has 166 valence electrons. The highest BCUT2D eigenvalue weighted by Crippen LogP contribution is 2.28. The van der Waals surface area contributed by atoms with E-state index >= 15 is 0 Å². The summed E-state index contributed by atoms with van der Waals surface area (Å²) in [6, 6.07) is 15.8. The third-order valence-electron chi connectivity index (χ3n) is 6.13. The van der Waals surface area contributed by atoms with Crippen molar-refractivity contribution in [1.29, 1.82) is 5.41 Å². The van der Waals surface area contributed by atoms with Gasteiger partial charge >= 0.3 is 0 Å². The van der Waals surface area contributed by atoms with Crippen LogP contribution in [0.5, 0.6) is 0 Å². The van der Waals surface area contributed by atoms with Crippen molar-refractivity contribution in [3.05, 3.63) is 71.3 Å². The van der Waals surface area contributed by atoms with E-state index in [2.05, 4.69) is 27.3 Å². The standard InChI is InChI=1S/C25H30N6O/c1-18(26)16-22(28-21-6-4-3-5-7-21)20-10-14-31(15-11-20)25-29-23(17-24(32)30(25)2)19-8-12-27-13-9-19/h3-9,12-13,17,20,22,26,28H,10-11,14-16H2,1-2H3. The maximum Gasteiger partial charge on any atom is 0.255 e. The fourth-order valence-corrected chi connectivity index (χ4v) is 4.40. The Bertz CT molecular complexity index is 1100. The minimum absolute atomic E-state index is 0.0630. The molecule has 2 aromatic heterocycles. The van der Waals surface area contributed by atoms with Gasteiger partial charge in [0.25, 0.3) is 5.56 Å². The molecule has 1 atom stereocenters. The quantitative estimate of drug-likeness (QED) is 0.554. The minimum Gasteiger partial charge on any atom is -0.382 e. The van der Waals surface area contributed by atoms with Crippen LogP contribution in [0.4, 0.5) is 11.6 Å². The van der Waals surface area contributed by atoms with E-state index in [4.69, 9.17) is 10.4 Å². The van der Waals surface area contributed by atoms with E-state index in [1.165, 1.54) is 0 Å². The molecule has 0 saturated carbocycles. The topological polar surface area (TPSA) is 86.9 Å². The van der Waals surface area contributed by atoms with Crippen molar-refractivity contribution >= 4 is 17.3 Å². The fourth-order valence-electron chi connectivity index (χ4n) is 4.40. The van der Waals surface area contributed by atoms with E-state index in [0.29, 0.717) is 23.3 Å². The Kier molecular flexibility index (Phi) is 6.63. The van der Waals surface area contributed by atoms with Crippen molar-refractivity contribution in [3.63, 3.8) is 0 Å². The van der Waals surface area contributed by atoms with Crippen LogP contribution in [0.3, 0.4) is 0 Å². The van der Waals surface area contributed by atoms with E-state index in [1.54, 1.807) is 30.1 Å². The van der Waals surface area contributed by atoms with Crippen LogP contribution in [0.1, 0.15) is 26.2 Å².